The van der Waals surface area contributed by atoms with Gasteiger partial charge in [0.25, 0.3) is 0 Å². The molecule has 15 heavy (non-hydrogen) atoms. The molecular formula is C12H18FNO. The van der Waals surface area contributed by atoms with Crippen LogP contribution in [0, 0.1) is 0 Å². The Balaban J connectivity index is 3.06. The first-order valence-corrected chi connectivity index (χ1v) is 5.12. The molecule has 0 spiro atoms. The van der Waals surface area contributed by atoms with Gasteiger partial charge in [-0.2, -0.15) is 0 Å². The Kier molecular flexibility index (Phi) is 3.69. The number of rotatable bonds is 4. The van der Waals surface area contributed by atoms with E-state index in [1.807, 2.05) is 19.9 Å². The Hall–Kier alpha value is -1.09. The van der Waals surface area contributed by atoms with Gasteiger partial charge in [0.2, 0.25) is 0 Å². The highest BCUT2D eigenvalue weighted by molar-refractivity contribution is 5.38. The molecular weight excluding hydrogens is 193 g/mol. The van der Waals surface area contributed by atoms with Crippen LogP contribution < -0.4 is 10.5 Å². The number of para-hydroxylation sites is 1. The molecule has 1 rings (SSSR count). The average molecular weight is 211 g/mol. The molecule has 0 heterocycles. The number of hydrogen-bond acceptors (Lipinski definition) is 2. The van der Waals surface area contributed by atoms with Crippen molar-refractivity contribution in [1.29, 1.82) is 0 Å². The van der Waals surface area contributed by atoms with Crippen LogP contribution in [0.2, 0.25) is 0 Å². The minimum absolute atomic E-state index is 0.0275. The number of benzene rings is 1. The van der Waals surface area contributed by atoms with Crippen molar-refractivity contribution in [3.8, 4) is 5.75 Å². The third-order valence-electron chi connectivity index (χ3n) is 2.19. The quantitative estimate of drug-likeness (QED) is 0.830. The first-order valence-electron chi connectivity index (χ1n) is 5.12. The summed E-state index contributed by atoms with van der Waals surface area (Å²) in [5.41, 5.74) is 4.39. The zero-order valence-electron chi connectivity index (χ0n) is 9.46. The molecule has 2 N–H and O–H groups in total. The van der Waals surface area contributed by atoms with E-state index in [9.17, 15) is 4.39 Å². The second-order valence-corrected chi connectivity index (χ2v) is 4.06. The van der Waals surface area contributed by atoms with E-state index in [0.717, 1.165) is 0 Å². The largest absolute Gasteiger partial charge is 0.491 e. The van der Waals surface area contributed by atoms with Gasteiger partial charge in [0.1, 0.15) is 11.4 Å². The maximum Gasteiger partial charge on any atom is 0.148 e. The minimum Gasteiger partial charge on any atom is -0.491 e. The van der Waals surface area contributed by atoms with Gasteiger partial charge in [-0.1, -0.05) is 18.2 Å². The van der Waals surface area contributed by atoms with Crippen molar-refractivity contribution in [3.05, 3.63) is 29.8 Å². The van der Waals surface area contributed by atoms with Gasteiger partial charge in [-0.3, -0.25) is 0 Å². The van der Waals surface area contributed by atoms with E-state index in [2.05, 4.69) is 0 Å². The van der Waals surface area contributed by atoms with Gasteiger partial charge in [0, 0.05) is 12.1 Å². The lowest BCUT2D eigenvalue weighted by molar-refractivity contribution is 0.181. The predicted molar refractivity (Wildman–Crippen MR) is 59.7 cm³/mol. The zero-order chi connectivity index (χ0) is 11.5. The molecule has 1 atom stereocenters. The van der Waals surface area contributed by atoms with Crippen molar-refractivity contribution in [3.63, 3.8) is 0 Å². The molecule has 0 fully saturated rings. The number of nitrogens with two attached hydrogens (primary N) is 1. The van der Waals surface area contributed by atoms with E-state index >= 15 is 0 Å². The third kappa shape index (κ3) is 2.93. The van der Waals surface area contributed by atoms with Crippen LogP contribution in [0.4, 0.5) is 4.39 Å². The molecule has 0 amide bonds. The van der Waals surface area contributed by atoms with Gasteiger partial charge >= 0.3 is 0 Å². The molecule has 0 aliphatic rings. The highest BCUT2D eigenvalue weighted by atomic mass is 19.1. The van der Waals surface area contributed by atoms with E-state index < -0.39 is 5.67 Å². The van der Waals surface area contributed by atoms with Crippen LogP contribution in [0.1, 0.15) is 26.3 Å². The summed E-state index contributed by atoms with van der Waals surface area (Å²) in [4.78, 5) is 0. The normalized spacial score (nSPS) is 15.1. The Morgan fingerprint density at radius 3 is 2.53 bits per heavy atom. The Bertz CT molecular complexity index is 323. The van der Waals surface area contributed by atoms with Gasteiger partial charge in [0.15, 0.2) is 0 Å². The lowest BCUT2D eigenvalue weighted by Crippen LogP contribution is -2.27. The van der Waals surface area contributed by atoms with Gasteiger partial charge in [-0.25, -0.2) is 4.39 Å². The molecule has 0 aliphatic carbocycles. The van der Waals surface area contributed by atoms with Crippen molar-refractivity contribution in [1.82, 2.24) is 0 Å². The summed E-state index contributed by atoms with van der Waals surface area (Å²) in [6.45, 7) is 5.24. The van der Waals surface area contributed by atoms with Crippen molar-refractivity contribution in [2.45, 2.75) is 32.5 Å². The SMILES string of the molecule is CC(C)Oc1ccccc1C(C)(F)CN. The molecule has 0 saturated heterocycles. The Morgan fingerprint density at radius 2 is 2.00 bits per heavy atom. The lowest BCUT2D eigenvalue weighted by atomic mass is 9.97. The van der Waals surface area contributed by atoms with E-state index in [0.29, 0.717) is 11.3 Å². The van der Waals surface area contributed by atoms with E-state index in [4.69, 9.17) is 10.5 Å². The predicted octanol–water partition coefficient (Wildman–Crippen LogP) is 2.62. The summed E-state index contributed by atoms with van der Waals surface area (Å²) < 4.78 is 19.6. The fourth-order valence-corrected chi connectivity index (χ4v) is 1.36. The molecule has 0 bridgehead atoms. The van der Waals surface area contributed by atoms with Crippen LogP contribution >= 0.6 is 0 Å². The molecule has 0 radical (unpaired) electrons. The summed E-state index contributed by atoms with van der Waals surface area (Å²) in [6.07, 6.45) is 0.0275. The summed E-state index contributed by atoms with van der Waals surface area (Å²) in [5, 5.41) is 0. The fraction of sp³-hybridized carbons (Fsp3) is 0.500. The van der Waals surface area contributed by atoms with Gasteiger partial charge < -0.3 is 10.5 Å². The zero-order valence-corrected chi connectivity index (χ0v) is 9.46. The van der Waals surface area contributed by atoms with Crippen molar-refractivity contribution in [2.75, 3.05) is 6.54 Å². The van der Waals surface area contributed by atoms with Crippen LogP contribution in [0.25, 0.3) is 0 Å². The van der Waals surface area contributed by atoms with Gasteiger partial charge in [-0.05, 0) is 26.8 Å². The fourth-order valence-electron chi connectivity index (χ4n) is 1.36. The number of hydrogen-bond donors (Lipinski definition) is 1. The molecule has 0 aromatic heterocycles. The van der Waals surface area contributed by atoms with Crippen molar-refractivity contribution >= 4 is 0 Å². The monoisotopic (exact) mass is 211 g/mol. The summed E-state index contributed by atoms with van der Waals surface area (Å²) in [5.74, 6) is 0.572. The number of halogens is 1. The van der Waals surface area contributed by atoms with E-state index in [1.165, 1.54) is 6.92 Å². The summed E-state index contributed by atoms with van der Waals surface area (Å²) in [7, 11) is 0. The summed E-state index contributed by atoms with van der Waals surface area (Å²) >= 11 is 0. The van der Waals surface area contributed by atoms with Gasteiger partial charge in [0.05, 0.1) is 6.10 Å². The number of alkyl halides is 1. The van der Waals surface area contributed by atoms with E-state index in [-0.39, 0.29) is 12.6 Å². The van der Waals surface area contributed by atoms with Crippen LogP contribution in [0.15, 0.2) is 24.3 Å². The molecule has 1 aromatic rings. The molecule has 84 valence electrons. The maximum atomic E-state index is 14.1. The Labute approximate surface area is 90.2 Å². The molecule has 0 saturated carbocycles. The average Bonchev–Trinajstić information content (AvgIpc) is 2.17. The Morgan fingerprint density at radius 1 is 1.40 bits per heavy atom. The second-order valence-electron chi connectivity index (χ2n) is 4.06. The first-order chi connectivity index (χ1) is 6.97. The smallest absolute Gasteiger partial charge is 0.148 e. The molecule has 3 heteroatoms. The molecule has 1 aromatic carbocycles. The third-order valence-corrected chi connectivity index (χ3v) is 2.19. The number of ether oxygens (including phenoxy) is 1. The topological polar surface area (TPSA) is 35.2 Å². The van der Waals surface area contributed by atoms with Crippen LogP contribution in [-0.4, -0.2) is 12.6 Å². The highest BCUT2D eigenvalue weighted by Gasteiger charge is 2.27. The standard InChI is InChI=1S/C12H18FNO/c1-9(2)15-11-7-5-4-6-10(11)12(3,13)8-14/h4-7,9H,8,14H2,1-3H3. The second kappa shape index (κ2) is 4.62. The van der Waals surface area contributed by atoms with Crippen LogP contribution in [0.3, 0.4) is 0 Å². The first kappa shape index (κ1) is 12.0. The molecule has 0 aliphatic heterocycles. The van der Waals surface area contributed by atoms with Crippen LogP contribution in [0.5, 0.6) is 5.75 Å². The van der Waals surface area contributed by atoms with Gasteiger partial charge in [-0.15, -0.1) is 0 Å². The molecule has 1 unspecified atom stereocenters. The van der Waals surface area contributed by atoms with Crippen molar-refractivity contribution < 1.29 is 9.13 Å². The van der Waals surface area contributed by atoms with Crippen LogP contribution in [-0.2, 0) is 5.67 Å². The van der Waals surface area contributed by atoms with Crippen molar-refractivity contribution in [2.24, 2.45) is 5.73 Å². The molecule has 2 nitrogen and oxygen atoms in total. The maximum absolute atomic E-state index is 14.1. The highest BCUT2D eigenvalue weighted by Crippen LogP contribution is 2.32. The lowest BCUT2D eigenvalue weighted by Gasteiger charge is -2.23. The minimum atomic E-state index is -1.54. The summed E-state index contributed by atoms with van der Waals surface area (Å²) in [6, 6.07) is 7.09. The van der Waals surface area contributed by atoms with E-state index in [1.54, 1.807) is 18.2 Å².